The summed E-state index contributed by atoms with van der Waals surface area (Å²) in [6.45, 7) is 1.99. The highest BCUT2D eigenvalue weighted by atomic mass is 16.3. The van der Waals surface area contributed by atoms with Crippen LogP contribution in [0.4, 0.5) is 0 Å². The second-order valence-electron chi connectivity index (χ2n) is 8.68. The first-order valence-corrected chi connectivity index (χ1v) is 11.8. The van der Waals surface area contributed by atoms with Gasteiger partial charge in [-0.2, -0.15) is 10.2 Å². The Labute approximate surface area is 210 Å². The molecule has 0 saturated heterocycles. The van der Waals surface area contributed by atoms with E-state index in [-0.39, 0.29) is 5.75 Å². The molecule has 0 aliphatic rings. The van der Waals surface area contributed by atoms with Crippen LogP contribution in [-0.4, -0.2) is 44.0 Å². The first-order chi connectivity index (χ1) is 18.2. The average molecular weight is 485 g/mol. The zero-order chi connectivity index (χ0) is 24.9. The van der Waals surface area contributed by atoms with Crippen molar-refractivity contribution in [1.82, 2.24) is 38.9 Å². The van der Waals surface area contributed by atoms with Crippen molar-refractivity contribution in [3.63, 3.8) is 0 Å². The summed E-state index contributed by atoms with van der Waals surface area (Å²) in [6.07, 6.45) is 3.18. The number of benzene rings is 3. The number of imidazole rings is 1. The Hall–Kier alpha value is -5.31. The standard InChI is InChI=1S/C28H20N8O/c1-18-26(27(34-17-29-16-30-34)36(33-18)20-7-3-2-4-8-20)25-15-23(19-11-13-21(37)14-12-19)32-28-31-22-9-5-6-10-24(22)35(25)28/h2-17,37H,1H3. The van der Waals surface area contributed by atoms with E-state index in [4.69, 9.17) is 15.1 Å². The predicted molar refractivity (Wildman–Crippen MR) is 140 cm³/mol. The number of hydrogen-bond acceptors (Lipinski definition) is 6. The normalized spacial score (nSPS) is 11.5. The quantitative estimate of drug-likeness (QED) is 0.378. The fraction of sp³-hybridized carbons (Fsp3) is 0.0357. The molecule has 7 aromatic rings. The van der Waals surface area contributed by atoms with Crippen LogP contribution < -0.4 is 0 Å². The molecule has 1 N–H and O–H groups in total. The van der Waals surface area contributed by atoms with Gasteiger partial charge in [-0.05, 0) is 61.5 Å². The molecule has 0 amide bonds. The molecule has 0 fully saturated rings. The highest BCUT2D eigenvalue weighted by Crippen LogP contribution is 2.36. The molecule has 0 aliphatic carbocycles. The van der Waals surface area contributed by atoms with Crippen LogP contribution in [0.3, 0.4) is 0 Å². The van der Waals surface area contributed by atoms with Crippen LogP contribution in [0.25, 0.3) is 50.8 Å². The van der Waals surface area contributed by atoms with Crippen molar-refractivity contribution in [1.29, 1.82) is 0 Å². The van der Waals surface area contributed by atoms with E-state index in [0.717, 1.165) is 50.7 Å². The minimum Gasteiger partial charge on any atom is -0.508 e. The van der Waals surface area contributed by atoms with Crippen LogP contribution >= 0.6 is 0 Å². The molecule has 9 heteroatoms. The van der Waals surface area contributed by atoms with E-state index in [9.17, 15) is 5.11 Å². The summed E-state index contributed by atoms with van der Waals surface area (Å²) < 4.78 is 5.66. The summed E-state index contributed by atoms with van der Waals surface area (Å²) in [5, 5.41) is 19.2. The third-order valence-corrected chi connectivity index (χ3v) is 6.37. The number of aromatic hydroxyl groups is 1. The number of aryl methyl sites for hydroxylation is 1. The Balaban J connectivity index is 1.61. The minimum atomic E-state index is 0.199. The van der Waals surface area contributed by atoms with E-state index in [1.807, 2.05) is 84.4 Å². The fourth-order valence-corrected chi connectivity index (χ4v) is 4.72. The first kappa shape index (κ1) is 21.0. The number of rotatable bonds is 4. The first-order valence-electron chi connectivity index (χ1n) is 11.8. The molecule has 0 radical (unpaired) electrons. The highest BCUT2D eigenvalue weighted by molar-refractivity contribution is 5.86. The maximum Gasteiger partial charge on any atom is 0.235 e. The summed E-state index contributed by atoms with van der Waals surface area (Å²) >= 11 is 0. The van der Waals surface area contributed by atoms with Gasteiger partial charge in [0.15, 0.2) is 5.82 Å². The molecule has 37 heavy (non-hydrogen) atoms. The Morgan fingerprint density at radius 2 is 1.62 bits per heavy atom. The SMILES string of the molecule is Cc1nn(-c2ccccc2)c(-n2cncn2)c1-c1cc(-c2ccc(O)cc2)nc2nc3ccccc3n12. The lowest BCUT2D eigenvalue weighted by Crippen LogP contribution is -2.08. The molecule has 0 bridgehead atoms. The minimum absolute atomic E-state index is 0.199. The average Bonchev–Trinajstić information content (AvgIpc) is 3.66. The molecule has 7 rings (SSSR count). The van der Waals surface area contributed by atoms with Crippen molar-refractivity contribution in [3.8, 4) is 39.8 Å². The molecule has 0 saturated carbocycles. The van der Waals surface area contributed by atoms with Crippen molar-refractivity contribution in [2.45, 2.75) is 6.92 Å². The Morgan fingerprint density at radius 3 is 2.41 bits per heavy atom. The number of fused-ring (bicyclic) bond motifs is 3. The van der Waals surface area contributed by atoms with Crippen LogP contribution in [0.5, 0.6) is 5.75 Å². The Bertz CT molecular complexity index is 1880. The lowest BCUT2D eigenvalue weighted by Gasteiger charge is -2.13. The third kappa shape index (κ3) is 3.36. The summed E-state index contributed by atoms with van der Waals surface area (Å²) in [4.78, 5) is 13.9. The number of phenols is 1. The van der Waals surface area contributed by atoms with E-state index >= 15 is 0 Å². The Morgan fingerprint density at radius 1 is 0.838 bits per heavy atom. The van der Waals surface area contributed by atoms with Crippen molar-refractivity contribution >= 4 is 16.8 Å². The van der Waals surface area contributed by atoms with E-state index in [1.165, 1.54) is 6.33 Å². The molecular formula is C28H20N8O. The van der Waals surface area contributed by atoms with Crippen LogP contribution in [0.15, 0.2) is 97.6 Å². The molecule has 9 nitrogen and oxygen atoms in total. The van der Waals surface area contributed by atoms with Gasteiger partial charge in [-0.15, -0.1) is 0 Å². The molecule has 0 spiro atoms. The summed E-state index contributed by atoms with van der Waals surface area (Å²) in [7, 11) is 0. The van der Waals surface area contributed by atoms with Gasteiger partial charge in [-0.25, -0.2) is 24.3 Å². The highest BCUT2D eigenvalue weighted by Gasteiger charge is 2.24. The molecule has 0 unspecified atom stereocenters. The van der Waals surface area contributed by atoms with Gasteiger partial charge >= 0.3 is 0 Å². The summed E-state index contributed by atoms with van der Waals surface area (Å²) in [5.41, 5.74) is 6.84. The molecule has 4 heterocycles. The largest absolute Gasteiger partial charge is 0.508 e. The second-order valence-corrected chi connectivity index (χ2v) is 8.68. The van der Waals surface area contributed by atoms with Gasteiger partial charge < -0.3 is 5.11 Å². The lowest BCUT2D eigenvalue weighted by molar-refractivity contribution is 0.475. The van der Waals surface area contributed by atoms with Crippen LogP contribution in [0.2, 0.25) is 0 Å². The number of aromatic nitrogens is 8. The smallest absolute Gasteiger partial charge is 0.235 e. The van der Waals surface area contributed by atoms with Crippen LogP contribution in [-0.2, 0) is 0 Å². The molecular weight excluding hydrogens is 464 g/mol. The second kappa shape index (κ2) is 8.13. The lowest BCUT2D eigenvalue weighted by atomic mass is 10.1. The zero-order valence-corrected chi connectivity index (χ0v) is 19.8. The van der Waals surface area contributed by atoms with Crippen molar-refractivity contribution < 1.29 is 5.11 Å². The van der Waals surface area contributed by atoms with E-state index < -0.39 is 0 Å². The molecule has 0 aliphatic heterocycles. The van der Waals surface area contributed by atoms with E-state index in [0.29, 0.717) is 5.78 Å². The Kier molecular flexibility index (Phi) is 4.62. The molecule has 0 atom stereocenters. The topological polar surface area (TPSA) is 99.0 Å². The van der Waals surface area contributed by atoms with Crippen LogP contribution in [0.1, 0.15) is 5.69 Å². The molecule has 178 valence electrons. The van der Waals surface area contributed by atoms with Crippen LogP contribution in [0, 0.1) is 6.92 Å². The molecule has 3 aromatic carbocycles. The van der Waals surface area contributed by atoms with Gasteiger partial charge in [0, 0.05) is 5.56 Å². The monoisotopic (exact) mass is 484 g/mol. The number of hydrogen-bond donors (Lipinski definition) is 1. The number of para-hydroxylation sites is 3. The van der Waals surface area contributed by atoms with Crippen molar-refractivity contribution in [2.75, 3.05) is 0 Å². The number of phenolic OH excluding ortho intramolecular Hbond substituents is 1. The summed E-state index contributed by atoms with van der Waals surface area (Å²) in [6, 6.07) is 27.0. The zero-order valence-electron chi connectivity index (χ0n) is 19.8. The van der Waals surface area contributed by atoms with Gasteiger partial charge in [0.1, 0.15) is 18.4 Å². The van der Waals surface area contributed by atoms with Gasteiger partial charge in [-0.3, -0.25) is 4.40 Å². The van der Waals surface area contributed by atoms with Gasteiger partial charge in [0.05, 0.1) is 39.4 Å². The number of nitrogens with zero attached hydrogens (tertiary/aromatic N) is 8. The van der Waals surface area contributed by atoms with Crippen molar-refractivity contribution in [2.24, 2.45) is 0 Å². The summed E-state index contributed by atoms with van der Waals surface area (Å²) in [5.74, 6) is 1.52. The molecule has 4 aromatic heterocycles. The van der Waals surface area contributed by atoms with Gasteiger partial charge in [0.2, 0.25) is 5.78 Å². The maximum absolute atomic E-state index is 9.83. The van der Waals surface area contributed by atoms with Gasteiger partial charge in [-0.1, -0.05) is 30.3 Å². The predicted octanol–water partition coefficient (Wildman–Crippen LogP) is 5.00. The third-order valence-electron chi connectivity index (χ3n) is 6.37. The van der Waals surface area contributed by atoms with E-state index in [1.54, 1.807) is 23.1 Å². The van der Waals surface area contributed by atoms with Crippen molar-refractivity contribution in [3.05, 3.63) is 103 Å². The maximum atomic E-state index is 9.83. The van der Waals surface area contributed by atoms with E-state index in [2.05, 4.69) is 14.5 Å². The fourth-order valence-electron chi connectivity index (χ4n) is 4.72. The van der Waals surface area contributed by atoms with Gasteiger partial charge in [0.25, 0.3) is 0 Å².